The van der Waals surface area contributed by atoms with Gasteiger partial charge >= 0.3 is 7.12 Å². The molecule has 0 radical (unpaired) electrons. The maximum atomic E-state index is 6.14. The molecule has 0 bridgehead atoms. The first-order chi connectivity index (χ1) is 9.23. The first-order valence-electron chi connectivity index (χ1n) is 7.00. The summed E-state index contributed by atoms with van der Waals surface area (Å²) in [5.74, 6) is 0. The number of rotatable bonds is 1. The number of benzene rings is 1. The quantitative estimate of drug-likeness (QED) is 0.746. The number of fused-ring (bicyclic) bond motifs is 1. The summed E-state index contributed by atoms with van der Waals surface area (Å²) < 4.78 is 14.2. The van der Waals surface area contributed by atoms with Crippen LogP contribution in [0.2, 0.25) is 0 Å². The van der Waals surface area contributed by atoms with Crippen LogP contribution in [0.4, 0.5) is 0 Å². The summed E-state index contributed by atoms with van der Waals surface area (Å²) in [4.78, 5) is 0. The second-order valence-corrected chi connectivity index (χ2v) is 6.57. The average molecular weight is 272 g/mol. The maximum Gasteiger partial charge on any atom is 0.495 e. The second-order valence-electron chi connectivity index (χ2n) is 6.57. The Labute approximate surface area is 120 Å². The summed E-state index contributed by atoms with van der Waals surface area (Å²) >= 11 is 0. The molecule has 106 valence electrons. The van der Waals surface area contributed by atoms with E-state index >= 15 is 0 Å². The van der Waals surface area contributed by atoms with Gasteiger partial charge in [-0.25, -0.2) is 0 Å². The van der Waals surface area contributed by atoms with Crippen LogP contribution in [0.15, 0.2) is 18.3 Å². The van der Waals surface area contributed by atoms with Crippen LogP contribution in [0, 0.1) is 6.92 Å². The van der Waals surface area contributed by atoms with Gasteiger partial charge in [-0.1, -0.05) is 6.07 Å². The number of nitrogens with zero attached hydrogens (tertiary/aromatic N) is 2. The molecule has 3 rings (SSSR count). The van der Waals surface area contributed by atoms with E-state index in [1.54, 1.807) is 0 Å². The van der Waals surface area contributed by atoms with Gasteiger partial charge in [-0.3, -0.25) is 4.68 Å². The normalized spacial score (nSPS) is 20.8. The molecule has 0 atom stereocenters. The zero-order chi connectivity index (χ0) is 14.7. The molecule has 0 amide bonds. The van der Waals surface area contributed by atoms with Gasteiger partial charge in [0.1, 0.15) is 0 Å². The summed E-state index contributed by atoms with van der Waals surface area (Å²) in [6.07, 6.45) is 1.90. The van der Waals surface area contributed by atoms with E-state index in [0.29, 0.717) is 0 Å². The SMILES string of the molecule is Cc1c(B2OC(C)(C)C(C)(C)O2)ccc2c1cnn2C. The fourth-order valence-corrected chi connectivity index (χ4v) is 2.61. The van der Waals surface area contributed by atoms with Crippen molar-refractivity contribution in [3.05, 3.63) is 23.9 Å². The van der Waals surface area contributed by atoms with Gasteiger partial charge in [0.2, 0.25) is 0 Å². The monoisotopic (exact) mass is 272 g/mol. The molecular weight excluding hydrogens is 251 g/mol. The lowest BCUT2D eigenvalue weighted by Gasteiger charge is -2.32. The Hall–Kier alpha value is -1.33. The Morgan fingerprint density at radius 3 is 2.30 bits per heavy atom. The molecule has 1 aliphatic rings. The van der Waals surface area contributed by atoms with Crippen LogP contribution in [0.5, 0.6) is 0 Å². The molecule has 0 aliphatic carbocycles. The van der Waals surface area contributed by atoms with E-state index in [9.17, 15) is 0 Å². The van der Waals surface area contributed by atoms with Crippen molar-refractivity contribution in [1.29, 1.82) is 0 Å². The Morgan fingerprint density at radius 1 is 1.10 bits per heavy atom. The smallest absolute Gasteiger partial charge is 0.399 e. The predicted molar refractivity (Wildman–Crippen MR) is 81.2 cm³/mol. The number of hydrogen-bond donors (Lipinski definition) is 0. The number of hydrogen-bond acceptors (Lipinski definition) is 3. The molecule has 20 heavy (non-hydrogen) atoms. The van der Waals surface area contributed by atoms with Crippen LogP contribution in [0.1, 0.15) is 33.3 Å². The van der Waals surface area contributed by atoms with Crippen molar-refractivity contribution in [2.24, 2.45) is 7.05 Å². The molecule has 4 nitrogen and oxygen atoms in total. The highest BCUT2D eigenvalue weighted by molar-refractivity contribution is 6.63. The van der Waals surface area contributed by atoms with Crippen LogP contribution in [0.25, 0.3) is 10.9 Å². The van der Waals surface area contributed by atoms with Crippen LogP contribution < -0.4 is 5.46 Å². The summed E-state index contributed by atoms with van der Waals surface area (Å²) in [6, 6.07) is 4.16. The molecule has 0 saturated carbocycles. The lowest BCUT2D eigenvalue weighted by Crippen LogP contribution is -2.41. The summed E-state index contributed by atoms with van der Waals surface area (Å²) in [6.45, 7) is 10.4. The zero-order valence-electron chi connectivity index (χ0n) is 13.0. The Morgan fingerprint density at radius 2 is 1.70 bits per heavy atom. The van der Waals surface area contributed by atoms with Crippen molar-refractivity contribution >= 4 is 23.5 Å². The number of aromatic nitrogens is 2. The third kappa shape index (κ3) is 1.80. The molecule has 1 saturated heterocycles. The van der Waals surface area contributed by atoms with E-state index in [-0.39, 0.29) is 18.3 Å². The standard InChI is InChI=1S/C15H21BN2O2/c1-10-11-9-17-18(6)13(11)8-7-12(10)16-19-14(2,3)15(4,5)20-16/h7-9H,1-6H3. The van der Waals surface area contributed by atoms with Crippen molar-refractivity contribution in [2.45, 2.75) is 45.8 Å². The topological polar surface area (TPSA) is 36.3 Å². The molecule has 1 aromatic heterocycles. The minimum Gasteiger partial charge on any atom is -0.399 e. The van der Waals surface area contributed by atoms with Gasteiger partial charge in [0.25, 0.3) is 0 Å². The Bertz CT molecular complexity index is 660. The molecule has 5 heteroatoms. The van der Waals surface area contributed by atoms with Crippen LogP contribution in [-0.2, 0) is 16.4 Å². The van der Waals surface area contributed by atoms with Crippen molar-refractivity contribution in [3.63, 3.8) is 0 Å². The van der Waals surface area contributed by atoms with Crippen LogP contribution in [0.3, 0.4) is 0 Å². The van der Waals surface area contributed by atoms with E-state index in [2.05, 4.69) is 51.9 Å². The minimum atomic E-state index is -0.315. The van der Waals surface area contributed by atoms with E-state index in [4.69, 9.17) is 9.31 Å². The first-order valence-corrected chi connectivity index (χ1v) is 7.00. The minimum absolute atomic E-state index is 0.312. The highest BCUT2D eigenvalue weighted by atomic mass is 16.7. The van der Waals surface area contributed by atoms with Crippen molar-refractivity contribution in [1.82, 2.24) is 9.78 Å². The van der Waals surface area contributed by atoms with Gasteiger partial charge in [-0.15, -0.1) is 0 Å². The lowest BCUT2D eigenvalue weighted by atomic mass is 9.75. The molecule has 1 fully saturated rings. The van der Waals surface area contributed by atoms with Gasteiger partial charge in [0.05, 0.1) is 22.9 Å². The third-order valence-electron chi connectivity index (χ3n) is 4.75. The van der Waals surface area contributed by atoms with Crippen molar-refractivity contribution in [3.8, 4) is 0 Å². The highest BCUT2D eigenvalue weighted by Crippen LogP contribution is 2.37. The largest absolute Gasteiger partial charge is 0.495 e. The summed E-state index contributed by atoms with van der Waals surface area (Å²) in [5.41, 5.74) is 2.77. The van der Waals surface area contributed by atoms with Gasteiger partial charge in [-0.05, 0) is 51.7 Å². The van der Waals surface area contributed by atoms with E-state index in [1.807, 2.05) is 17.9 Å². The molecular formula is C15H21BN2O2. The van der Waals surface area contributed by atoms with Gasteiger partial charge in [0.15, 0.2) is 0 Å². The molecule has 0 N–H and O–H groups in total. The van der Waals surface area contributed by atoms with E-state index in [1.165, 1.54) is 5.56 Å². The molecule has 0 unspecified atom stereocenters. The van der Waals surface area contributed by atoms with Crippen molar-refractivity contribution in [2.75, 3.05) is 0 Å². The maximum absolute atomic E-state index is 6.14. The fourth-order valence-electron chi connectivity index (χ4n) is 2.61. The zero-order valence-corrected chi connectivity index (χ0v) is 13.0. The second kappa shape index (κ2) is 4.09. The molecule has 2 heterocycles. The Kier molecular flexibility index (Phi) is 2.79. The van der Waals surface area contributed by atoms with Crippen LogP contribution >= 0.6 is 0 Å². The third-order valence-corrected chi connectivity index (χ3v) is 4.75. The summed E-state index contributed by atoms with van der Waals surface area (Å²) in [5, 5.41) is 5.47. The lowest BCUT2D eigenvalue weighted by molar-refractivity contribution is 0.00578. The molecule has 2 aromatic rings. The molecule has 0 spiro atoms. The van der Waals surface area contributed by atoms with Gasteiger partial charge in [0, 0.05) is 12.4 Å². The van der Waals surface area contributed by atoms with Gasteiger partial charge < -0.3 is 9.31 Å². The van der Waals surface area contributed by atoms with Crippen molar-refractivity contribution < 1.29 is 9.31 Å². The van der Waals surface area contributed by atoms with Crippen LogP contribution in [-0.4, -0.2) is 28.1 Å². The Balaban J connectivity index is 2.06. The number of aryl methyl sites for hydroxylation is 2. The summed E-state index contributed by atoms with van der Waals surface area (Å²) in [7, 11) is 1.64. The van der Waals surface area contributed by atoms with E-state index in [0.717, 1.165) is 16.4 Å². The van der Waals surface area contributed by atoms with E-state index < -0.39 is 0 Å². The molecule has 1 aliphatic heterocycles. The van der Waals surface area contributed by atoms with Gasteiger partial charge in [-0.2, -0.15) is 5.10 Å². The predicted octanol–water partition coefficient (Wildman–Crippen LogP) is 2.18. The average Bonchev–Trinajstić information content (AvgIpc) is 2.79. The molecule has 1 aromatic carbocycles. The highest BCUT2D eigenvalue weighted by Gasteiger charge is 2.52. The fraction of sp³-hybridized carbons (Fsp3) is 0.533. The first kappa shape index (κ1) is 13.6.